The highest BCUT2D eigenvalue weighted by atomic mass is 16.1. The van der Waals surface area contributed by atoms with Crippen molar-refractivity contribution in [2.75, 3.05) is 0 Å². The van der Waals surface area contributed by atoms with Crippen LogP contribution in [-0.4, -0.2) is 5.78 Å². The largest absolute Gasteiger partial charge is 0.299 e. The van der Waals surface area contributed by atoms with Crippen molar-refractivity contribution in [3.05, 3.63) is 12.2 Å². The number of hydrogen-bond acceptors (Lipinski definition) is 1. The summed E-state index contributed by atoms with van der Waals surface area (Å²) >= 11 is 0. The number of Topliss-reactive ketones (excluding diaryl/α,β-unsaturated/α-hetero) is 1. The van der Waals surface area contributed by atoms with E-state index in [1.54, 1.807) is 0 Å². The maximum absolute atomic E-state index is 11.2. The molecule has 0 N–H and O–H groups in total. The lowest BCUT2D eigenvalue weighted by atomic mass is 10.1. The second-order valence-electron chi connectivity index (χ2n) is 3.47. The fourth-order valence-electron chi connectivity index (χ4n) is 1.12. The van der Waals surface area contributed by atoms with E-state index < -0.39 is 0 Å². The average molecular weight is 152 g/mol. The molecule has 0 aromatic carbocycles. The van der Waals surface area contributed by atoms with Gasteiger partial charge in [0.05, 0.1) is 0 Å². The number of carbonyl (C=O) groups is 1. The van der Waals surface area contributed by atoms with E-state index in [1.165, 1.54) is 12.8 Å². The van der Waals surface area contributed by atoms with Crippen molar-refractivity contribution in [2.45, 2.75) is 39.0 Å². The molecule has 1 aliphatic carbocycles. The van der Waals surface area contributed by atoms with E-state index in [4.69, 9.17) is 0 Å². The molecule has 1 saturated carbocycles. The standard InChI is InChI=1S/C10H16O/c1-3-8(2)6-10(11)7-9-4-5-9/h9H,2-7H2,1H3. The van der Waals surface area contributed by atoms with E-state index in [1.807, 2.05) is 6.92 Å². The molecule has 0 bridgehead atoms. The Bertz CT molecular complexity index is 166. The first-order valence-electron chi connectivity index (χ1n) is 4.40. The smallest absolute Gasteiger partial charge is 0.137 e. The predicted octanol–water partition coefficient (Wildman–Crippen LogP) is 2.71. The fourth-order valence-corrected chi connectivity index (χ4v) is 1.12. The summed E-state index contributed by atoms with van der Waals surface area (Å²) < 4.78 is 0. The van der Waals surface area contributed by atoms with Gasteiger partial charge in [0.15, 0.2) is 0 Å². The Morgan fingerprint density at radius 3 is 2.64 bits per heavy atom. The first-order valence-corrected chi connectivity index (χ1v) is 4.40. The van der Waals surface area contributed by atoms with Gasteiger partial charge in [-0.05, 0) is 25.2 Å². The van der Waals surface area contributed by atoms with Crippen molar-refractivity contribution in [1.82, 2.24) is 0 Å². The molecule has 1 rings (SSSR count). The van der Waals surface area contributed by atoms with Gasteiger partial charge in [0.1, 0.15) is 5.78 Å². The van der Waals surface area contributed by atoms with E-state index in [0.717, 1.165) is 24.3 Å². The Hall–Kier alpha value is -0.590. The maximum Gasteiger partial charge on any atom is 0.137 e. The molecule has 1 aliphatic rings. The molecule has 0 aromatic rings. The van der Waals surface area contributed by atoms with E-state index in [9.17, 15) is 4.79 Å². The molecule has 0 atom stereocenters. The van der Waals surface area contributed by atoms with Crippen LogP contribution in [0.4, 0.5) is 0 Å². The van der Waals surface area contributed by atoms with E-state index >= 15 is 0 Å². The molecule has 11 heavy (non-hydrogen) atoms. The van der Waals surface area contributed by atoms with E-state index in [-0.39, 0.29) is 0 Å². The van der Waals surface area contributed by atoms with Gasteiger partial charge < -0.3 is 0 Å². The number of allylic oxidation sites excluding steroid dienone is 1. The minimum atomic E-state index is 0.388. The molecule has 0 saturated heterocycles. The van der Waals surface area contributed by atoms with Gasteiger partial charge in [-0.25, -0.2) is 0 Å². The van der Waals surface area contributed by atoms with E-state index in [0.29, 0.717) is 12.2 Å². The molecule has 0 unspecified atom stereocenters. The van der Waals surface area contributed by atoms with Crippen molar-refractivity contribution in [3.8, 4) is 0 Å². The normalized spacial score (nSPS) is 16.5. The van der Waals surface area contributed by atoms with Crippen molar-refractivity contribution in [3.63, 3.8) is 0 Å². The van der Waals surface area contributed by atoms with Crippen LogP contribution in [0.25, 0.3) is 0 Å². The number of rotatable bonds is 5. The van der Waals surface area contributed by atoms with Gasteiger partial charge in [0.25, 0.3) is 0 Å². The van der Waals surface area contributed by atoms with Gasteiger partial charge in [0, 0.05) is 12.8 Å². The Balaban J connectivity index is 2.13. The summed E-state index contributed by atoms with van der Waals surface area (Å²) in [5.41, 5.74) is 1.08. The van der Waals surface area contributed by atoms with Gasteiger partial charge in [-0.15, -0.1) is 0 Å². The third-order valence-corrected chi connectivity index (χ3v) is 2.16. The molecule has 0 amide bonds. The minimum Gasteiger partial charge on any atom is -0.299 e. The number of carbonyl (C=O) groups excluding carboxylic acids is 1. The predicted molar refractivity (Wildman–Crippen MR) is 46.4 cm³/mol. The van der Waals surface area contributed by atoms with Gasteiger partial charge in [-0.3, -0.25) is 4.79 Å². The first-order chi connectivity index (χ1) is 5.22. The van der Waals surface area contributed by atoms with Crippen LogP contribution in [0.5, 0.6) is 0 Å². The first kappa shape index (κ1) is 8.51. The fraction of sp³-hybridized carbons (Fsp3) is 0.700. The SMILES string of the molecule is C=C(CC)CC(=O)CC1CC1. The van der Waals surface area contributed by atoms with Crippen LogP contribution in [0.2, 0.25) is 0 Å². The zero-order valence-corrected chi connectivity index (χ0v) is 7.23. The summed E-state index contributed by atoms with van der Waals surface area (Å²) in [6.45, 7) is 5.87. The van der Waals surface area contributed by atoms with Crippen LogP contribution in [0, 0.1) is 5.92 Å². The molecular weight excluding hydrogens is 136 g/mol. The molecule has 0 aliphatic heterocycles. The second-order valence-corrected chi connectivity index (χ2v) is 3.47. The lowest BCUT2D eigenvalue weighted by Gasteiger charge is -1.99. The number of hydrogen-bond donors (Lipinski definition) is 0. The molecule has 0 aromatic heterocycles. The molecule has 0 radical (unpaired) electrons. The summed E-state index contributed by atoms with van der Waals surface area (Å²) in [6.07, 6.45) is 4.90. The highest BCUT2D eigenvalue weighted by Crippen LogP contribution is 2.33. The lowest BCUT2D eigenvalue weighted by Crippen LogP contribution is -1.99. The van der Waals surface area contributed by atoms with Crippen molar-refractivity contribution in [1.29, 1.82) is 0 Å². The number of ketones is 1. The Morgan fingerprint density at radius 1 is 1.55 bits per heavy atom. The quantitative estimate of drug-likeness (QED) is 0.553. The molecule has 0 heterocycles. The molecule has 1 nitrogen and oxygen atoms in total. The zero-order chi connectivity index (χ0) is 8.27. The highest BCUT2D eigenvalue weighted by Gasteiger charge is 2.23. The van der Waals surface area contributed by atoms with E-state index in [2.05, 4.69) is 6.58 Å². The summed E-state index contributed by atoms with van der Waals surface area (Å²) in [4.78, 5) is 11.2. The van der Waals surface area contributed by atoms with Crippen molar-refractivity contribution < 1.29 is 4.79 Å². The van der Waals surface area contributed by atoms with Crippen molar-refractivity contribution >= 4 is 5.78 Å². The average Bonchev–Trinajstić information content (AvgIpc) is 2.71. The summed E-state index contributed by atoms with van der Waals surface area (Å²) in [5, 5.41) is 0. The zero-order valence-electron chi connectivity index (χ0n) is 7.23. The van der Waals surface area contributed by atoms with Crippen LogP contribution >= 0.6 is 0 Å². The summed E-state index contributed by atoms with van der Waals surface area (Å²) in [7, 11) is 0. The highest BCUT2D eigenvalue weighted by molar-refractivity contribution is 5.81. The summed E-state index contributed by atoms with van der Waals surface area (Å²) in [5.74, 6) is 1.12. The van der Waals surface area contributed by atoms with Gasteiger partial charge >= 0.3 is 0 Å². The van der Waals surface area contributed by atoms with Gasteiger partial charge in [0.2, 0.25) is 0 Å². The third kappa shape index (κ3) is 3.35. The monoisotopic (exact) mass is 152 g/mol. The third-order valence-electron chi connectivity index (χ3n) is 2.16. The minimum absolute atomic E-state index is 0.388. The topological polar surface area (TPSA) is 17.1 Å². The van der Waals surface area contributed by atoms with Crippen LogP contribution in [0.1, 0.15) is 39.0 Å². The molecule has 1 fully saturated rings. The molecule has 1 heteroatoms. The Labute approximate surface area is 68.5 Å². The van der Waals surface area contributed by atoms with Gasteiger partial charge in [-0.1, -0.05) is 19.1 Å². The van der Waals surface area contributed by atoms with Gasteiger partial charge in [-0.2, -0.15) is 0 Å². The maximum atomic E-state index is 11.2. The van der Waals surface area contributed by atoms with Crippen LogP contribution in [0.3, 0.4) is 0 Å². The van der Waals surface area contributed by atoms with Crippen molar-refractivity contribution in [2.24, 2.45) is 5.92 Å². The lowest BCUT2D eigenvalue weighted by molar-refractivity contribution is -0.118. The van der Waals surface area contributed by atoms with Crippen LogP contribution in [-0.2, 0) is 4.79 Å². The second kappa shape index (κ2) is 3.70. The Kier molecular flexibility index (Phi) is 2.86. The molecule has 0 spiro atoms. The molecule has 62 valence electrons. The Morgan fingerprint density at radius 2 is 2.18 bits per heavy atom. The summed E-state index contributed by atoms with van der Waals surface area (Å²) in [6, 6.07) is 0. The molecular formula is C10H16O. The van der Waals surface area contributed by atoms with Crippen LogP contribution < -0.4 is 0 Å². The van der Waals surface area contributed by atoms with Crippen LogP contribution in [0.15, 0.2) is 12.2 Å².